The largest absolute Gasteiger partial charge is 0.393 e. The lowest BCUT2D eigenvalue weighted by atomic mass is 9.41. The molecule has 4 saturated carbocycles. The molecule has 4 aliphatic rings. The minimum Gasteiger partial charge on any atom is -0.393 e. The molecule has 0 amide bonds. The van der Waals surface area contributed by atoms with Crippen molar-refractivity contribution in [2.45, 2.75) is 117 Å². The van der Waals surface area contributed by atoms with Crippen LogP contribution in [0.3, 0.4) is 0 Å². The minimum absolute atomic E-state index is 0.0901. The maximum absolute atomic E-state index is 13.3. The van der Waals surface area contributed by atoms with E-state index in [0.717, 1.165) is 25.2 Å². The smallest absolute Gasteiger partial charge is 0.165 e. The zero-order valence-corrected chi connectivity index (χ0v) is 20.4. The summed E-state index contributed by atoms with van der Waals surface area (Å²) < 4.78 is 0. The Bertz CT molecular complexity index is 691. The van der Waals surface area contributed by atoms with Crippen molar-refractivity contribution >= 4 is 5.78 Å². The third-order valence-electron chi connectivity index (χ3n) is 10.9. The summed E-state index contributed by atoms with van der Waals surface area (Å²) in [5.74, 6) is 1.29. The zero-order chi connectivity index (χ0) is 22.8. The van der Waals surface area contributed by atoms with Crippen LogP contribution in [0.2, 0.25) is 0 Å². The van der Waals surface area contributed by atoms with Crippen molar-refractivity contribution in [1.82, 2.24) is 0 Å². The third-order valence-corrected chi connectivity index (χ3v) is 10.9. The predicted octanol–water partition coefficient (Wildman–Crippen LogP) is 4.73. The van der Waals surface area contributed by atoms with Crippen LogP contribution in [0.15, 0.2) is 0 Å². The van der Waals surface area contributed by atoms with Crippen molar-refractivity contribution in [3.05, 3.63) is 0 Å². The van der Waals surface area contributed by atoms with E-state index in [-0.39, 0.29) is 23.0 Å². The van der Waals surface area contributed by atoms with Crippen LogP contribution in [0.1, 0.15) is 98.8 Å². The van der Waals surface area contributed by atoms with Gasteiger partial charge in [0.25, 0.3) is 0 Å². The number of rotatable bonds is 5. The fraction of sp³-hybridized carbons (Fsp3) is 0.963. The Hall–Kier alpha value is -0.450. The van der Waals surface area contributed by atoms with E-state index in [1.165, 1.54) is 19.3 Å². The molecular weight excluding hydrogens is 388 g/mol. The van der Waals surface area contributed by atoms with E-state index in [9.17, 15) is 20.1 Å². The molecule has 0 aromatic heterocycles. The summed E-state index contributed by atoms with van der Waals surface area (Å²) in [7, 11) is 0. The highest BCUT2D eigenvalue weighted by Crippen LogP contribution is 2.69. The van der Waals surface area contributed by atoms with Crippen LogP contribution in [0.5, 0.6) is 0 Å². The zero-order valence-electron chi connectivity index (χ0n) is 20.4. The molecule has 0 saturated heterocycles. The predicted molar refractivity (Wildman–Crippen MR) is 122 cm³/mol. The summed E-state index contributed by atoms with van der Waals surface area (Å²) in [6, 6.07) is 0. The lowest BCUT2D eigenvalue weighted by molar-refractivity contribution is -0.257. The summed E-state index contributed by atoms with van der Waals surface area (Å²) in [6.45, 7) is 11.5. The number of hydrogen-bond donors (Lipinski definition) is 3. The summed E-state index contributed by atoms with van der Waals surface area (Å²) in [5.41, 5.74) is -1.45. The van der Waals surface area contributed by atoms with E-state index in [2.05, 4.69) is 34.6 Å². The fourth-order valence-corrected chi connectivity index (χ4v) is 8.97. The van der Waals surface area contributed by atoms with Gasteiger partial charge in [-0.2, -0.15) is 0 Å². The number of hydrogen-bond acceptors (Lipinski definition) is 4. The Kier molecular flexibility index (Phi) is 6.19. The second-order valence-corrected chi connectivity index (χ2v) is 12.8. The molecule has 0 unspecified atom stereocenters. The number of aliphatic hydroxyl groups excluding tert-OH is 2. The molecule has 0 aromatic rings. The lowest BCUT2D eigenvalue weighted by Crippen LogP contribution is -2.72. The van der Waals surface area contributed by atoms with Crippen molar-refractivity contribution in [2.24, 2.45) is 46.3 Å². The first-order chi connectivity index (χ1) is 14.5. The highest BCUT2D eigenvalue weighted by molar-refractivity contribution is 5.88. The van der Waals surface area contributed by atoms with Crippen LogP contribution in [0, 0.1) is 46.3 Å². The van der Waals surface area contributed by atoms with Crippen LogP contribution in [-0.2, 0) is 4.79 Å². The van der Waals surface area contributed by atoms with Crippen LogP contribution >= 0.6 is 0 Å². The molecule has 0 aromatic carbocycles. The van der Waals surface area contributed by atoms with E-state index >= 15 is 0 Å². The molecule has 3 N–H and O–H groups in total. The fourth-order valence-electron chi connectivity index (χ4n) is 8.97. The Balaban J connectivity index is 1.60. The van der Waals surface area contributed by atoms with Gasteiger partial charge in [0.15, 0.2) is 5.78 Å². The molecule has 178 valence electrons. The monoisotopic (exact) mass is 434 g/mol. The second-order valence-electron chi connectivity index (χ2n) is 12.8. The Morgan fingerprint density at radius 2 is 1.71 bits per heavy atom. The Labute approximate surface area is 189 Å². The minimum atomic E-state index is -1.09. The molecule has 4 fully saturated rings. The van der Waals surface area contributed by atoms with Crippen LogP contribution in [0.4, 0.5) is 0 Å². The molecule has 31 heavy (non-hydrogen) atoms. The van der Waals surface area contributed by atoms with Gasteiger partial charge < -0.3 is 15.3 Å². The van der Waals surface area contributed by atoms with Crippen molar-refractivity contribution in [1.29, 1.82) is 0 Å². The van der Waals surface area contributed by atoms with Crippen molar-refractivity contribution in [3.63, 3.8) is 0 Å². The van der Waals surface area contributed by atoms with Gasteiger partial charge in [0, 0.05) is 17.3 Å². The van der Waals surface area contributed by atoms with Gasteiger partial charge in [0.2, 0.25) is 0 Å². The summed E-state index contributed by atoms with van der Waals surface area (Å²) in [6.07, 6.45) is 7.73. The molecule has 4 heteroatoms. The first kappa shape index (κ1) is 23.7. The number of fused-ring (bicyclic) bond motifs is 5. The van der Waals surface area contributed by atoms with Crippen molar-refractivity contribution < 1.29 is 20.1 Å². The molecular formula is C27H46O4. The first-order valence-corrected chi connectivity index (χ1v) is 13.1. The Morgan fingerprint density at radius 3 is 2.39 bits per heavy atom. The summed E-state index contributed by atoms with van der Waals surface area (Å²) >= 11 is 0. The topological polar surface area (TPSA) is 77.8 Å². The van der Waals surface area contributed by atoms with Gasteiger partial charge in [-0.3, -0.25) is 4.79 Å². The molecule has 0 bridgehead atoms. The van der Waals surface area contributed by atoms with Crippen LogP contribution in [0.25, 0.3) is 0 Å². The normalized spacial score (nSPS) is 50.7. The lowest BCUT2D eigenvalue weighted by Gasteiger charge is -2.65. The highest BCUT2D eigenvalue weighted by atomic mass is 16.3. The van der Waals surface area contributed by atoms with Gasteiger partial charge >= 0.3 is 0 Å². The standard InChI is InChI=1S/C27H46O4/c1-16(2)7-6-8-17(3)19-9-10-20-22-24(30)23(29)21-15-18(28)11-12-26(21,5)27(22,31)14-13-25(19,20)4/h16-22,24,28,30-31H,6-15H2,1-5H3/t17-,18+,19-,20+,21+,22-,24+,25-,26+,27-/m1/s1. The quantitative estimate of drug-likeness (QED) is 0.584. The van der Waals surface area contributed by atoms with Crippen LogP contribution < -0.4 is 0 Å². The van der Waals surface area contributed by atoms with Gasteiger partial charge in [0.05, 0.1) is 11.7 Å². The van der Waals surface area contributed by atoms with Crippen molar-refractivity contribution in [2.75, 3.05) is 0 Å². The van der Waals surface area contributed by atoms with Gasteiger partial charge in [-0.25, -0.2) is 0 Å². The van der Waals surface area contributed by atoms with Gasteiger partial charge in [0.1, 0.15) is 6.10 Å². The summed E-state index contributed by atoms with van der Waals surface area (Å²) in [4.78, 5) is 13.3. The molecule has 0 aliphatic heterocycles. The SMILES string of the molecule is CC(C)CCC[C@@H](C)[C@H]1CC[C@H]2[C@@H]3[C@H](O)C(=O)[C@@H]4C[C@@H](O)CC[C@]4(C)[C@@]3(O)CC[C@]12C. The second kappa shape index (κ2) is 8.09. The molecule has 10 atom stereocenters. The number of Topliss-reactive ketones (excluding diaryl/α,β-unsaturated/α-hetero) is 1. The maximum atomic E-state index is 13.3. The van der Waals surface area contributed by atoms with E-state index in [1.807, 2.05) is 0 Å². The number of carbonyl (C=O) groups is 1. The average Bonchev–Trinajstić information content (AvgIpc) is 3.05. The molecule has 0 radical (unpaired) electrons. The molecule has 4 nitrogen and oxygen atoms in total. The number of carbonyl (C=O) groups excluding carboxylic acids is 1. The van der Waals surface area contributed by atoms with Crippen LogP contribution in [-0.4, -0.2) is 38.9 Å². The molecule has 4 aliphatic carbocycles. The van der Waals surface area contributed by atoms with Gasteiger partial charge in [-0.1, -0.05) is 53.9 Å². The maximum Gasteiger partial charge on any atom is 0.165 e. The van der Waals surface area contributed by atoms with E-state index in [4.69, 9.17) is 0 Å². The average molecular weight is 435 g/mol. The first-order valence-electron chi connectivity index (χ1n) is 13.1. The van der Waals surface area contributed by atoms with E-state index in [0.29, 0.717) is 37.5 Å². The molecule has 0 heterocycles. The summed E-state index contributed by atoms with van der Waals surface area (Å²) in [5, 5.41) is 33.7. The highest BCUT2D eigenvalue weighted by Gasteiger charge is 2.71. The molecule has 4 rings (SSSR count). The van der Waals surface area contributed by atoms with E-state index in [1.54, 1.807) is 0 Å². The Morgan fingerprint density at radius 1 is 1.00 bits per heavy atom. The number of aliphatic hydroxyl groups is 3. The third kappa shape index (κ3) is 3.46. The van der Waals surface area contributed by atoms with E-state index < -0.39 is 29.1 Å². The van der Waals surface area contributed by atoms with Crippen molar-refractivity contribution in [3.8, 4) is 0 Å². The van der Waals surface area contributed by atoms with Gasteiger partial charge in [-0.15, -0.1) is 0 Å². The molecule has 0 spiro atoms. The van der Waals surface area contributed by atoms with Gasteiger partial charge in [-0.05, 0) is 74.0 Å². The number of ketones is 1.